The maximum absolute atomic E-state index is 8.97. The van der Waals surface area contributed by atoms with E-state index in [9.17, 15) is 0 Å². The summed E-state index contributed by atoms with van der Waals surface area (Å²) in [7, 11) is 0. The highest BCUT2D eigenvalue weighted by molar-refractivity contribution is 6.30. The highest BCUT2D eigenvalue weighted by atomic mass is 35.5. The number of aromatic nitrogens is 3. The fourth-order valence-electron chi connectivity index (χ4n) is 1.89. The van der Waals surface area contributed by atoms with Crippen LogP contribution in [-0.4, -0.2) is 14.8 Å². The Balaban J connectivity index is 2.03. The molecule has 4 nitrogen and oxygen atoms in total. The molecule has 0 spiro atoms. The summed E-state index contributed by atoms with van der Waals surface area (Å²) >= 11 is 6.00. The number of benzene rings is 1. The summed E-state index contributed by atoms with van der Waals surface area (Å²) in [5.41, 5.74) is 2.82. The van der Waals surface area contributed by atoms with Gasteiger partial charge in [0.2, 0.25) is 0 Å². The lowest BCUT2D eigenvalue weighted by Crippen LogP contribution is -1.96. The molecular formula is C15H9ClN4. The molecule has 5 heteroatoms. The number of pyridine rings is 1. The standard InChI is InChI=1S/C15H9ClN4/c16-12-7-11(10-17)8-13(9-12)20-6-4-15(19-20)14-3-1-2-5-18-14/h1-9H. The van der Waals surface area contributed by atoms with Gasteiger partial charge in [-0.25, -0.2) is 4.68 Å². The number of hydrogen-bond acceptors (Lipinski definition) is 3. The number of halogens is 1. The van der Waals surface area contributed by atoms with Crippen molar-refractivity contribution in [1.82, 2.24) is 14.8 Å². The molecule has 96 valence electrons. The van der Waals surface area contributed by atoms with E-state index in [1.165, 1.54) is 0 Å². The van der Waals surface area contributed by atoms with Crippen molar-refractivity contribution in [2.45, 2.75) is 0 Å². The molecule has 3 aromatic rings. The van der Waals surface area contributed by atoms with Gasteiger partial charge in [0.25, 0.3) is 0 Å². The van der Waals surface area contributed by atoms with Crippen molar-refractivity contribution < 1.29 is 0 Å². The van der Waals surface area contributed by atoms with Crippen LogP contribution in [0, 0.1) is 11.3 Å². The third-order valence-corrected chi connectivity index (χ3v) is 3.01. The second-order valence-corrected chi connectivity index (χ2v) is 4.61. The topological polar surface area (TPSA) is 54.5 Å². The first-order valence-electron chi connectivity index (χ1n) is 5.94. The second kappa shape index (κ2) is 5.16. The van der Waals surface area contributed by atoms with Crippen molar-refractivity contribution in [3.8, 4) is 23.1 Å². The second-order valence-electron chi connectivity index (χ2n) is 4.17. The van der Waals surface area contributed by atoms with Crippen LogP contribution in [0.2, 0.25) is 5.02 Å². The van der Waals surface area contributed by atoms with Gasteiger partial charge in [-0.15, -0.1) is 0 Å². The van der Waals surface area contributed by atoms with Gasteiger partial charge in [0.15, 0.2) is 0 Å². The van der Waals surface area contributed by atoms with Crippen molar-refractivity contribution in [3.63, 3.8) is 0 Å². The molecule has 0 saturated heterocycles. The first-order valence-corrected chi connectivity index (χ1v) is 6.32. The van der Waals surface area contributed by atoms with E-state index in [0.717, 1.165) is 17.1 Å². The van der Waals surface area contributed by atoms with E-state index in [0.29, 0.717) is 10.6 Å². The molecule has 0 atom stereocenters. The van der Waals surface area contributed by atoms with E-state index < -0.39 is 0 Å². The Hall–Kier alpha value is -2.64. The summed E-state index contributed by atoms with van der Waals surface area (Å²) in [5.74, 6) is 0. The molecule has 3 rings (SSSR count). The summed E-state index contributed by atoms with van der Waals surface area (Å²) in [6.45, 7) is 0. The van der Waals surface area contributed by atoms with Crippen LogP contribution in [-0.2, 0) is 0 Å². The summed E-state index contributed by atoms with van der Waals surface area (Å²) in [5, 5.41) is 13.9. The van der Waals surface area contributed by atoms with Crippen LogP contribution in [0.15, 0.2) is 54.9 Å². The SMILES string of the molecule is N#Cc1cc(Cl)cc(-n2ccc(-c3ccccn3)n2)c1. The average molecular weight is 281 g/mol. The van der Waals surface area contributed by atoms with Crippen molar-refractivity contribution in [1.29, 1.82) is 5.26 Å². The van der Waals surface area contributed by atoms with Gasteiger partial charge in [0.1, 0.15) is 5.69 Å². The van der Waals surface area contributed by atoms with E-state index in [1.54, 1.807) is 29.1 Å². The summed E-state index contributed by atoms with van der Waals surface area (Å²) < 4.78 is 1.68. The molecule has 0 aliphatic heterocycles. The molecule has 0 aliphatic rings. The van der Waals surface area contributed by atoms with Gasteiger partial charge in [0, 0.05) is 17.4 Å². The van der Waals surface area contributed by atoms with Gasteiger partial charge in [-0.05, 0) is 36.4 Å². The highest BCUT2D eigenvalue weighted by Gasteiger charge is 2.06. The Labute approximate surface area is 120 Å². The predicted octanol–water partition coefficient (Wildman–Crippen LogP) is 3.46. The fourth-order valence-corrected chi connectivity index (χ4v) is 2.12. The number of nitrogens with zero attached hydrogens (tertiary/aromatic N) is 4. The molecule has 2 heterocycles. The van der Waals surface area contributed by atoms with Crippen molar-refractivity contribution in [3.05, 3.63) is 65.4 Å². The molecule has 2 aromatic heterocycles. The Bertz CT molecular complexity index is 787. The monoisotopic (exact) mass is 280 g/mol. The third kappa shape index (κ3) is 2.40. The van der Waals surface area contributed by atoms with Crippen LogP contribution in [0.4, 0.5) is 0 Å². The average Bonchev–Trinajstić information content (AvgIpc) is 2.97. The maximum atomic E-state index is 8.97. The van der Waals surface area contributed by atoms with Gasteiger partial charge < -0.3 is 0 Å². The van der Waals surface area contributed by atoms with Gasteiger partial charge >= 0.3 is 0 Å². The van der Waals surface area contributed by atoms with E-state index in [4.69, 9.17) is 16.9 Å². The van der Waals surface area contributed by atoms with Gasteiger partial charge in [0.05, 0.1) is 23.0 Å². The minimum Gasteiger partial charge on any atom is -0.255 e. The first kappa shape index (κ1) is 12.4. The zero-order chi connectivity index (χ0) is 13.9. The van der Waals surface area contributed by atoms with Gasteiger partial charge in [-0.3, -0.25) is 4.98 Å². The van der Waals surface area contributed by atoms with Crippen LogP contribution in [0.3, 0.4) is 0 Å². The van der Waals surface area contributed by atoms with Crippen LogP contribution >= 0.6 is 11.6 Å². The van der Waals surface area contributed by atoms with Crippen molar-refractivity contribution >= 4 is 11.6 Å². The summed E-state index contributed by atoms with van der Waals surface area (Å²) in [6.07, 6.45) is 3.54. The molecule has 0 radical (unpaired) electrons. The minimum atomic E-state index is 0.502. The number of hydrogen-bond donors (Lipinski definition) is 0. The highest BCUT2D eigenvalue weighted by Crippen LogP contribution is 2.20. The van der Waals surface area contributed by atoms with E-state index in [-0.39, 0.29) is 0 Å². The zero-order valence-corrected chi connectivity index (χ0v) is 11.1. The van der Waals surface area contributed by atoms with E-state index in [1.807, 2.05) is 30.5 Å². The largest absolute Gasteiger partial charge is 0.255 e. The molecule has 20 heavy (non-hydrogen) atoms. The molecule has 0 bridgehead atoms. The van der Waals surface area contributed by atoms with Crippen LogP contribution < -0.4 is 0 Å². The van der Waals surface area contributed by atoms with Crippen LogP contribution in [0.25, 0.3) is 17.1 Å². The van der Waals surface area contributed by atoms with Gasteiger partial charge in [-0.1, -0.05) is 17.7 Å². The van der Waals surface area contributed by atoms with Crippen LogP contribution in [0.1, 0.15) is 5.56 Å². The molecule has 0 saturated carbocycles. The zero-order valence-electron chi connectivity index (χ0n) is 10.4. The quantitative estimate of drug-likeness (QED) is 0.722. The summed E-state index contributed by atoms with van der Waals surface area (Å²) in [4.78, 5) is 4.25. The smallest absolute Gasteiger partial charge is 0.111 e. The Morgan fingerprint density at radius 3 is 2.75 bits per heavy atom. The molecule has 0 aliphatic carbocycles. The lowest BCUT2D eigenvalue weighted by atomic mass is 10.2. The molecule has 0 amide bonds. The maximum Gasteiger partial charge on any atom is 0.111 e. The third-order valence-electron chi connectivity index (χ3n) is 2.79. The molecule has 0 fully saturated rings. The molecular weight excluding hydrogens is 272 g/mol. The lowest BCUT2D eigenvalue weighted by molar-refractivity contribution is 0.882. The van der Waals surface area contributed by atoms with Crippen LogP contribution in [0.5, 0.6) is 0 Å². The van der Waals surface area contributed by atoms with E-state index >= 15 is 0 Å². The predicted molar refractivity (Wildman–Crippen MR) is 76.5 cm³/mol. The normalized spacial score (nSPS) is 10.2. The Morgan fingerprint density at radius 2 is 2.00 bits per heavy atom. The minimum absolute atomic E-state index is 0.502. The molecule has 1 aromatic carbocycles. The Morgan fingerprint density at radius 1 is 1.10 bits per heavy atom. The number of rotatable bonds is 2. The van der Waals surface area contributed by atoms with Crippen molar-refractivity contribution in [2.75, 3.05) is 0 Å². The Kier molecular flexibility index (Phi) is 3.20. The first-order chi connectivity index (χ1) is 9.76. The van der Waals surface area contributed by atoms with Crippen molar-refractivity contribution in [2.24, 2.45) is 0 Å². The number of nitriles is 1. The van der Waals surface area contributed by atoms with Gasteiger partial charge in [-0.2, -0.15) is 10.4 Å². The summed E-state index contributed by atoms with van der Waals surface area (Å²) in [6, 6.07) is 14.7. The fraction of sp³-hybridized carbons (Fsp3) is 0. The molecule has 0 N–H and O–H groups in total. The molecule has 0 unspecified atom stereocenters. The van der Waals surface area contributed by atoms with E-state index in [2.05, 4.69) is 16.2 Å². The lowest BCUT2D eigenvalue weighted by Gasteiger charge is -2.03.